The van der Waals surface area contributed by atoms with Gasteiger partial charge >= 0.3 is 6.18 Å². The molecule has 37 heavy (non-hydrogen) atoms. The van der Waals surface area contributed by atoms with Gasteiger partial charge in [-0.15, -0.1) is 0 Å². The van der Waals surface area contributed by atoms with E-state index in [-0.39, 0.29) is 11.6 Å². The van der Waals surface area contributed by atoms with Crippen molar-refractivity contribution in [2.24, 2.45) is 4.99 Å². The summed E-state index contributed by atoms with van der Waals surface area (Å²) in [7, 11) is 2.83. The zero-order chi connectivity index (χ0) is 26.5. The number of rotatable bonds is 4. The number of benzene rings is 2. The molecule has 3 aromatic rings. The fourth-order valence-corrected chi connectivity index (χ4v) is 4.41. The number of hydrogen-bond donors (Lipinski definition) is 1. The Labute approximate surface area is 210 Å². The molecule has 3 heterocycles. The summed E-state index contributed by atoms with van der Waals surface area (Å²) in [6, 6.07) is 10.5. The number of halogens is 3. The molecule has 0 fully saturated rings. The molecule has 1 aromatic heterocycles. The first-order valence-corrected chi connectivity index (χ1v) is 11.4. The number of alkyl halides is 3. The minimum atomic E-state index is -4.42. The molecule has 192 valence electrons. The molecule has 1 atom stereocenters. The van der Waals surface area contributed by atoms with Crippen LogP contribution in [0.5, 0.6) is 0 Å². The average molecular weight is 512 g/mol. The van der Waals surface area contributed by atoms with Crippen LogP contribution in [-0.2, 0) is 17.6 Å². The Morgan fingerprint density at radius 3 is 2.65 bits per heavy atom. The number of aliphatic imine (C=N–C) groups is 1. The fraction of sp³-hybridized carbons (Fsp3) is 0.280. The van der Waals surface area contributed by atoms with Gasteiger partial charge in [0, 0.05) is 42.8 Å². The fourth-order valence-electron chi connectivity index (χ4n) is 4.41. The summed E-state index contributed by atoms with van der Waals surface area (Å²) in [5, 5.41) is 8.44. The van der Waals surface area contributed by atoms with Crippen molar-refractivity contribution in [3.8, 4) is 0 Å². The van der Waals surface area contributed by atoms with E-state index in [2.05, 4.69) is 15.4 Å². The van der Waals surface area contributed by atoms with Crippen molar-refractivity contribution in [3.05, 3.63) is 76.1 Å². The van der Waals surface area contributed by atoms with Gasteiger partial charge in [0.25, 0.3) is 11.8 Å². The first-order chi connectivity index (χ1) is 17.6. The molecule has 2 aliphatic heterocycles. The lowest BCUT2D eigenvalue weighted by atomic mass is 10.0. The van der Waals surface area contributed by atoms with Crippen molar-refractivity contribution in [2.75, 3.05) is 30.9 Å². The lowest BCUT2D eigenvalue weighted by molar-refractivity contribution is -0.137. The van der Waals surface area contributed by atoms with E-state index in [1.54, 1.807) is 4.90 Å². The minimum absolute atomic E-state index is 0.116. The van der Waals surface area contributed by atoms with Crippen LogP contribution in [-0.4, -0.2) is 53.6 Å². The van der Waals surface area contributed by atoms with Gasteiger partial charge in [0.05, 0.1) is 19.2 Å². The highest BCUT2D eigenvalue weighted by Crippen LogP contribution is 2.35. The quantitative estimate of drug-likeness (QED) is 0.533. The molecule has 0 spiro atoms. The monoisotopic (exact) mass is 512 g/mol. The molecule has 2 amide bonds. The number of carbonyl (C=O) groups excluding carboxylic acids is 2. The van der Waals surface area contributed by atoms with Crippen LogP contribution in [0.1, 0.15) is 49.4 Å². The maximum absolute atomic E-state index is 13.3. The van der Waals surface area contributed by atoms with Gasteiger partial charge in [0.1, 0.15) is 11.9 Å². The van der Waals surface area contributed by atoms with E-state index in [1.807, 2.05) is 25.1 Å². The van der Waals surface area contributed by atoms with E-state index in [0.29, 0.717) is 35.7 Å². The summed E-state index contributed by atoms with van der Waals surface area (Å²) in [6.45, 7) is 2.66. The zero-order valence-electron chi connectivity index (χ0n) is 20.2. The lowest BCUT2D eigenvalue weighted by Gasteiger charge is -2.29. The summed E-state index contributed by atoms with van der Waals surface area (Å²) in [5.74, 6) is -0.738. The van der Waals surface area contributed by atoms with Crippen LogP contribution >= 0.6 is 0 Å². The molecule has 0 saturated carbocycles. The maximum atomic E-state index is 13.3. The van der Waals surface area contributed by atoms with Crippen molar-refractivity contribution in [1.82, 2.24) is 14.8 Å². The van der Waals surface area contributed by atoms with Crippen molar-refractivity contribution in [3.63, 3.8) is 0 Å². The number of nitrogens with zero attached hydrogens (tertiary/aromatic N) is 5. The summed E-state index contributed by atoms with van der Waals surface area (Å²) in [5.41, 5.74) is 2.94. The molecule has 0 aliphatic carbocycles. The van der Waals surface area contributed by atoms with E-state index in [4.69, 9.17) is 4.84 Å². The third-order valence-electron chi connectivity index (χ3n) is 6.42. The van der Waals surface area contributed by atoms with Crippen molar-refractivity contribution in [2.45, 2.75) is 25.8 Å². The molecule has 5 rings (SSSR count). The Balaban J connectivity index is 1.36. The summed E-state index contributed by atoms with van der Waals surface area (Å²) in [6.07, 6.45) is -3.47. The highest BCUT2D eigenvalue weighted by molar-refractivity contribution is 6.07. The predicted molar refractivity (Wildman–Crippen MR) is 130 cm³/mol. The van der Waals surface area contributed by atoms with Crippen LogP contribution in [0.15, 0.2) is 47.5 Å². The van der Waals surface area contributed by atoms with E-state index < -0.39 is 23.8 Å². The normalized spacial score (nSPS) is 16.8. The molecule has 1 N–H and O–H groups in total. The molecule has 0 saturated heterocycles. The SMILES string of the molecule is CON(C)C(=O)c1cc2n(n1)CCN(c1ccc(C3N=Cc4cc(C(F)(F)F)ccc4N3)cc1C)C2=O. The number of hydrogen-bond acceptors (Lipinski definition) is 6. The molecule has 2 aromatic carbocycles. The summed E-state index contributed by atoms with van der Waals surface area (Å²) in [4.78, 5) is 36.6. The number of aryl methyl sites for hydroxylation is 1. The Hall–Kier alpha value is -4.19. The lowest BCUT2D eigenvalue weighted by Crippen LogP contribution is -2.40. The van der Waals surface area contributed by atoms with Gasteiger partial charge in [0.15, 0.2) is 5.69 Å². The van der Waals surface area contributed by atoms with E-state index >= 15 is 0 Å². The first-order valence-electron chi connectivity index (χ1n) is 11.4. The molecule has 12 heteroatoms. The Kier molecular flexibility index (Phi) is 5.98. The van der Waals surface area contributed by atoms with E-state index in [9.17, 15) is 22.8 Å². The van der Waals surface area contributed by atoms with Gasteiger partial charge in [-0.05, 0) is 42.3 Å². The Morgan fingerprint density at radius 2 is 1.95 bits per heavy atom. The number of amides is 2. The van der Waals surface area contributed by atoms with Crippen molar-refractivity contribution >= 4 is 29.4 Å². The standard InChI is InChI=1S/C25H23F3N6O3/c1-14-10-15(22-29-13-16-11-17(25(26,27)28)5-6-18(16)30-22)4-7-20(14)33-8-9-34-21(24(33)36)12-19(31-34)23(35)32(2)37-3/h4-7,10-13,22,30H,8-9H2,1-3H3. The van der Waals surface area contributed by atoms with E-state index in [0.717, 1.165) is 28.3 Å². The Morgan fingerprint density at radius 1 is 1.16 bits per heavy atom. The number of carbonyl (C=O) groups is 2. The van der Waals surface area contributed by atoms with Crippen molar-refractivity contribution in [1.29, 1.82) is 0 Å². The summed E-state index contributed by atoms with van der Waals surface area (Å²) < 4.78 is 40.5. The number of aromatic nitrogens is 2. The third-order valence-corrected chi connectivity index (χ3v) is 6.42. The number of nitrogens with one attached hydrogen (secondary N) is 1. The molecule has 0 bridgehead atoms. The van der Waals surface area contributed by atoms with Crippen LogP contribution in [0, 0.1) is 6.92 Å². The van der Waals surface area contributed by atoms with Gasteiger partial charge in [-0.2, -0.15) is 18.3 Å². The number of hydroxylamine groups is 2. The average Bonchev–Trinajstić information content (AvgIpc) is 3.32. The van der Waals surface area contributed by atoms with Gasteiger partial charge in [0.2, 0.25) is 0 Å². The van der Waals surface area contributed by atoms with Gasteiger partial charge in [-0.3, -0.25) is 24.1 Å². The Bertz CT molecular complexity index is 1430. The molecule has 2 aliphatic rings. The third kappa shape index (κ3) is 4.44. The van der Waals surface area contributed by atoms with Crippen molar-refractivity contribution < 1.29 is 27.6 Å². The zero-order valence-corrected chi connectivity index (χ0v) is 20.2. The van der Waals surface area contributed by atoms with Crippen LogP contribution in [0.2, 0.25) is 0 Å². The van der Waals surface area contributed by atoms with Gasteiger partial charge < -0.3 is 10.2 Å². The van der Waals surface area contributed by atoms with Crippen LogP contribution in [0.4, 0.5) is 24.5 Å². The smallest absolute Gasteiger partial charge is 0.360 e. The highest BCUT2D eigenvalue weighted by Gasteiger charge is 2.32. The van der Waals surface area contributed by atoms with Crippen LogP contribution in [0.25, 0.3) is 0 Å². The number of fused-ring (bicyclic) bond motifs is 2. The predicted octanol–water partition coefficient (Wildman–Crippen LogP) is 4.05. The second-order valence-electron chi connectivity index (χ2n) is 8.75. The second kappa shape index (κ2) is 9.04. The number of anilines is 2. The van der Waals surface area contributed by atoms with Crippen LogP contribution < -0.4 is 10.2 Å². The minimum Gasteiger partial charge on any atom is -0.360 e. The largest absolute Gasteiger partial charge is 0.416 e. The second-order valence-corrected chi connectivity index (χ2v) is 8.75. The maximum Gasteiger partial charge on any atom is 0.416 e. The molecule has 0 radical (unpaired) electrons. The van der Waals surface area contributed by atoms with Crippen LogP contribution in [0.3, 0.4) is 0 Å². The van der Waals surface area contributed by atoms with Gasteiger partial charge in [-0.1, -0.05) is 12.1 Å². The van der Waals surface area contributed by atoms with Gasteiger partial charge in [-0.25, -0.2) is 5.06 Å². The highest BCUT2D eigenvalue weighted by atomic mass is 19.4. The molecule has 1 unspecified atom stereocenters. The molecular weight excluding hydrogens is 489 g/mol. The van der Waals surface area contributed by atoms with E-state index in [1.165, 1.54) is 37.2 Å². The molecular formula is C25H23F3N6O3. The summed E-state index contributed by atoms with van der Waals surface area (Å²) >= 11 is 0. The molecule has 9 nitrogen and oxygen atoms in total. The topological polar surface area (TPSA) is 92.1 Å². The first kappa shape index (κ1) is 24.5.